The monoisotopic (exact) mass is 260 g/mol. The van der Waals surface area contributed by atoms with Gasteiger partial charge in [-0.25, -0.2) is 0 Å². The number of hydrogen-bond acceptors (Lipinski definition) is 2. The lowest BCUT2D eigenvalue weighted by Gasteiger charge is -2.10. The second kappa shape index (κ2) is 6.02. The maximum absolute atomic E-state index is 5.88. The normalized spacial score (nSPS) is 10.2. The summed E-state index contributed by atoms with van der Waals surface area (Å²) >= 11 is 0. The van der Waals surface area contributed by atoms with E-state index in [-0.39, 0.29) is 0 Å². The van der Waals surface area contributed by atoms with Crippen molar-refractivity contribution in [3.05, 3.63) is 84.6 Å². The molecule has 1 heterocycles. The van der Waals surface area contributed by atoms with Gasteiger partial charge in [-0.2, -0.15) is 0 Å². The lowest BCUT2D eigenvalue weighted by molar-refractivity contribution is 0.307. The zero-order valence-electron chi connectivity index (χ0n) is 11.0. The van der Waals surface area contributed by atoms with Gasteiger partial charge in [0.1, 0.15) is 12.4 Å². The Kier molecular flexibility index (Phi) is 3.74. The fourth-order valence-electron chi connectivity index (χ4n) is 1.99. The van der Waals surface area contributed by atoms with E-state index in [4.69, 9.17) is 4.74 Å². The molecule has 3 rings (SSSR count). The van der Waals surface area contributed by atoms with E-state index in [9.17, 15) is 0 Å². The summed E-state index contributed by atoms with van der Waals surface area (Å²) < 4.78 is 5.88. The Morgan fingerprint density at radius 2 is 1.75 bits per heavy atom. The van der Waals surface area contributed by atoms with Gasteiger partial charge in [-0.05, 0) is 23.8 Å². The molecule has 2 heteroatoms. The predicted molar refractivity (Wildman–Crippen MR) is 79.3 cm³/mol. The number of nitrogens with zero attached hydrogens (tertiary/aromatic N) is 1. The summed E-state index contributed by atoms with van der Waals surface area (Å²) in [6.45, 7) is 0.529. The third kappa shape index (κ3) is 2.86. The van der Waals surface area contributed by atoms with Crippen LogP contribution in [0.25, 0.3) is 11.3 Å². The van der Waals surface area contributed by atoms with E-state index in [0.29, 0.717) is 6.61 Å². The molecular formula is C18H14NO. The van der Waals surface area contributed by atoms with Gasteiger partial charge >= 0.3 is 0 Å². The molecule has 1 aromatic heterocycles. The van der Waals surface area contributed by atoms with Gasteiger partial charge in [0.2, 0.25) is 0 Å². The average Bonchev–Trinajstić information content (AvgIpc) is 2.55. The molecule has 1 radical (unpaired) electrons. The molecule has 0 amide bonds. The molecule has 0 spiro atoms. The van der Waals surface area contributed by atoms with Crippen molar-refractivity contribution in [3.8, 4) is 17.0 Å². The first-order valence-electron chi connectivity index (χ1n) is 6.52. The molecule has 0 N–H and O–H groups in total. The summed E-state index contributed by atoms with van der Waals surface area (Å²) in [5, 5.41) is 0. The van der Waals surface area contributed by atoms with Gasteiger partial charge in [0.15, 0.2) is 0 Å². The van der Waals surface area contributed by atoms with E-state index in [2.05, 4.69) is 11.1 Å². The summed E-state index contributed by atoms with van der Waals surface area (Å²) in [5.41, 5.74) is 2.99. The van der Waals surface area contributed by atoms with E-state index < -0.39 is 0 Å². The van der Waals surface area contributed by atoms with Gasteiger partial charge < -0.3 is 4.74 Å². The minimum atomic E-state index is 0.529. The average molecular weight is 260 g/mol. The molecule has 0 aliphatic rings. The third-order valence-electron chi connectivity index (χ3n) is 2.99. The molecule has 2 aromatic carbocycles. The highest BCUT2D eigenvalue weighted by molar-refractivity contribution is 5.66. The predicted octanol–water partition coefficient (Wildman–Crippen LogP) is 4.13. The number of aromatic nitrogens is 1. The molecule has 0 aliphatic carbocycles. The van der Waals surface area contributed by atoms with Crippen molar-refractivity contribution in [1.82, 2.24) is 4.98 Å². The summed E-state index contributed by atoms with van der Waals surface area (Å²) in [6, 6.07) is 24.9. The Bertz CT molecular complexity index is 665. The van der Waals surface area contributed by atoms with Crippen LogP contribution < -0.4 is 4.74 Å². The summed E-state index contributed by atoms with van der Waals surface area (Å²) in [7, 11) is 0. The van der Waals surface area contributed by atoms with Crippen molar-refractivity contribution in [2.45, 2.75) is 6.61 Å². The van der Waals surface area contributed by atoms with Gasteiger partial charge in [-0.3, -0.25) is 4.98 Å². The molecule has 97 valence electrons. The Balaban J connectivity index is 1.84. The van der Waals surface area contributed by atoms with E-state index >= 15 is 0 Å². The Morgan fingerprint density at radius 3 is 2.55 bits per heavy atom. The number of hydrogen-bond donors (Lipinski definition) is 0. The molecule has 20 heavy (non-hydrogen) atoms. The maximum atomic E-state index is 5.88. The van der Waals surface area contributed by atoms with Crippen LogP contribution in [0.4, 0.5) is 0 Å². The van der Waals surface area contributed by atoms with Crippen molar-refractivity contribution < 1.29 is 4.74 Å². The molecule has 0 saturated carbocycles. The van der Waals surface area contributed by atoms with Crippen LogP contribution in [0.3, 0.4) is 0 Å². The van der Waals surface area contributed by atoms with Gasteiger partial charge in [0.25, 0.3) is 0 Å². The number of rotatable bonds is 4. The number of ether oxygens (including phenoxy) is 1. The molecule has 0 saturated heterocycles. The highest BCUT2D eigenvalue weighted by Gasteiger charge is 2.06. The second-order valence-electron chi connectivity index (χ2n) is 4.40. The van der Waals surface area contributed by atoms with Crippen LogP contribution in [0.15, 0.2) is 72.9 Å². The highest BCUT2D eigenvalue weighted by atomic mass is 16.5. The van der Waals surface area contributed by atoms with Gasteiger partial charge in [-0.1, -0.05) is 48.5 Å². The highest BCUT2D eigenvalue weighted by Crippen LogP contribution is 2.28. The van der Waals surface area contributed by atoms with Crippen molar-refractivity contribution in [2.24, 2.45) is 0 Å². The van der Waals surface area contributed by atoms with Gasteiger partial charge in [0.05, 0.1) is 5.69 Å². The zero-order chi connectivity index (χ0) is 13.6. The van der Waals surface area contributed by atoms with Crippen molar-refractivity contribution in [2.75, 3.05) is 0 Å². The minimum Gasteiger partial charge on any atom is -0.488 e. The van der Waals surface area contributed by atoms with Gasteiger partial charge in [-0.15, -0.1) is 0 Å². The Hall–Kier alpha value is -2.61. The van der Waals surface area contributed by atoms with E-state index in [0.717, 1.165) is 22.6 Å². The molecular weight excluding hydrogens is 246 g/mol. The molecule has 2 nitrogen and oxygen atoms in total. The molecule has 3 aromatic rings. The topological polar surface area (TPSA) is 22.1 Å². The van der Waals surface area contributed by atoms with Crippen LogP contribution in [-0.2, 0) is 6.61 Å². The fourth-order valence-corrected chi connectivity index (χ4v) is 1.99. The lowest BCUT2D eigenvalue weighted by Crippen LogP contribution is -1.97. The maximum Gasteiger partial charge on any atom is 0.137 e. The van der Waals surface area contributed by atoms with Crippen molar-refractivity contribution >= 4 is 0 Å². The van der Waals surface area contributed by atoms with E-state index in [1.54, 1.807) is 6.20 Å². The number of benzene rings is 2. The van der Waals surface area contributed by atoms with Crippen LogP contribution in [0.2, 0.25) is 0 Å². The molecule has 0 aliphatic heterocycles. The summed E-state index contributed by atoms with van der Waals surface area (Å²) in [5.74, 6) is 0.732. The standard InChI is InChI=1S/C18H14NO/c1-2-8-15(9-3-1)14-20-18-12-5-4-10-16(18)17-11-6-7-13-19-17/h1-11,13H,14H2. The molecule has 0 unspecified atom stereocenters. The van der Waals surface area contributed by atoms with E-state index in [1.165, 1.54) is 0 Å². The first-order valence-corrected chi connectivity index (χ1v) is 6.52. The molecule has 0 atom stereocenters. The fraction of sp³-hybridized carbons (Fsp3) is 0.0556. The number of pyridine rings is 1. The van der Waals surface area contributed by atoms with Crippen LogP contribution in [0.1, 0.15) is 5.56 Å². The smallest absolute Gasteiger partial charge is 0.137 e. The summed E-state index contributed by atoms with van der Waals surface area (Å²) in [4.78, 5) is 4.36. The van der Waals surface area contributed by atoms with E-state index in [1.807, 2.05) is 66.7 Å². The minimum absolute atomic E-state index is 0.529. The third-order valence-corrected chi connectivity index (χ3v) is 2.99. The molecule has 0 bridgehead atoms. The first-order chi connectivity index (χ1) is 9.93. The Morgan fingerprint density at radius 1 is 0.900 bits per heavy atom. The SMILES string of the molecule is [c]1cccc(-c2ccccn2)c1OCc1ccccc1. The zero-order valence-corrected chi connectivity index (χ0v) is 11.0. The largest absolute Gasteiger partial charge is 0.488 e. The van der Waals surface area contributed by atoms with Crippen LogP contribution in [0, 0.1) is 6.07 Å². The van der Waals surface area contributed by atoms with Gasteiger partial charge in [0, 0.05) is 17.8 Å². The van der Waals surface area contributed by atoms with Crippen LogP contribution >= 0.6 is 0 Å². The van der Waals surface area contributed by atoms with Crippen molar-refractivity contribution in [1.29, 1.82) is 0 Å². The lowest BCUT2D eigenvalue weighted by atomic mass is 10.1. The van der Waals surface area contributed by atoms with Crippen LogP contribution in [0.5, 0.6) is 5.75 Å². The van der Waals surface area contributed by atoms with Crippen molar-refractivity contribution in [3.63, 3.8) is 0 Å². The first kappa shape index (κ1) is 12.4. The van der Waals surface area contributed by atoms with Crippen LogP contribution in [-0.4, -0.2) is 4.98 Å². The molecule has 0 fully saturated rings. The second-order valence-corrected chi connectivity index (χ2v) is 4.40. The number of para-hydroxylation sites is 1. The quantitative estimate of drug-likeness (QED) is 0.703. The Labute approximate surface area is 118 Å². The summed E-state index contributed by atoms with van der Waals surface area (Å²) in [6.07, 6.45) is 1.78.